The molecule has 1 heterocycles. The molecule has 0 aromatic heterocycles. The molecule has 1 fully saturated rings. The van der Waals surface area contributed by atoms with Crippen LogP contribution < -0.4 is 15.5 Å². The summed E-state index contributed by atoms with van der Waals surface area (Å²) in [7, 11) is 0. The Bertz CT molecular complexity index is 839. The first-order valence-electron chi connectivity index (χ1n) is 8.27. The van der Waals surface area contributed by atoms with Crippen LogP contribution in [0.3, 0.4) is 0 Å². The Morgan fingerprint density at radius 1 is 1.12 bits per heavy atom. The number of rotatable bonds is 5. The van der Waals surface area contributed by atoms with E-state index in [4.69, 9.17) is 11.6 Å². The van der Waals surface area contributed by atoms with Gasteiger partial charge in [0.15, 0.2) is 0 Å². The van der Waals surface area contributed by atoms with E-state index in [0.717, 1.165) is 6.42 Å². The maximum Gasteiger partial charge on any atom is 0.251 e. The summed E-state index contributed by atoms with van der Waals surface area (Å²) in [4.78, 5) is 37.4. The summed E-state index contributed by atoms with van der Waals surface area (Å²) in [6.45, 7) is 0.494. The van der Waals surface area contributed by atoms with Crippen molar-refractivity contribution in [3.05, 3.63) is 59.1 Å². The van der Waals surface area contributed by atoms with Crippen LogP contribution in [0.2, 0.25) is 5.02 Å². The van der Waals surface area contributed by atoms with E-state index in [0.29, 0.717) is 34.9 Å². The van der Waals surface area contributed by atoms with Gasteiger partial charge in [0, 0.05) is 24.2 Å². The molecule has 7 heteroatoms. The topological polar surface area (TPSA) is 78.5 Å². The average Bonchev–Trinajstić information content (AvgIpc) is 3.06. The second-order valence-electron chi connectivity index (χ2n) is 5.91. The molecule has 2 N–H and O–H groups in total. The number of nitrogens with zero attached hydrogens (tertiary/aromatic N) is 1. The zero-order chi connectivity index (χ0) is 18.5. The van der Waals surface area contributed by atoms with Crippen LogP contribution in [0, 0.1) is 0 Å². The number of anilines is 2. The van der Waals surface area contributed by atoms with Gasteiger partial charge in [-0.25, -0.2) is 0 Å². The van der Waals surface area contributed by atoms with E-state index in [1.54, 1.807) is 47.4 Å². The maximum atomic E-state index is 12.0. The summed E-state index contributed by atoms with van der Waals surface area (Å²) in [5.41, 5.74) is 1.64. The lowest BCUT2D eigenvalue weighted by Gasteiger charge is -2.18. The fourth-order valence-electron chi connectivity index (χ4n) is 2.76. The van der Waals surface area contributed by atoms with Gasteiger partial charge in [-0.2, -0.15) is 0 Å². The van der Waals surface area contributed by atoms with Crippen molar-refractivity contribution in [2.45, 2.75) is 12.8 Å². The fourth-order valence-corrected chi connectivity index (χ4v) is 3.05. The van der Waals surface area contributed by atoms with Crippen LogP contribution in [0.1, 0.15) is 23.2 Å². The Morgan fingerprint density at radius 2 is 1.88 bits per heavy atom. The van der Waals surface area contributed by atoms with Crippen LogP contribution in [0.4, 0.5) is 11.4 Å². The van der Waals surface area contributed by atoms with E-state index >= 15 is 0 Å². The predicted octanol–water partition coefficient (Wildman–Crippen LogP) is 2.84. The Labute approximate surface area is 156 Å². The molecule has 1 aliphatic rings. The first-order valence-corrected chi connectivity index (χ1v) is 8.65. The highest BCUT2D eigenvalue weighted by Crippen LogP contribution is 2.31. The number of carbonyl (C=O) groups excluding carboxylic acids is 3. The molecule has 2 aromatic carbocycles. The van der Waals surface area contributed by atoms with Crippen LogP contribution in [-0.4, -0.2) is 30.8 Å². The highest BCUT2D eigenvalue weighted by molar-refractivity contribution is 6.34. The Balaban J connectivity index is 1.57. The van der Waals surface area contributed by atoms with Crippen molar-refractivity contribution in [2.24, 2.45) is 0 Å². The van der Waals surface area contributed by atoms with Gasteiger partial charge in [-0.1, -0.05) is 29.8 Å². The Morgan fingerprint density at radius 3 is 2.54 bits per heavy atom. The summed E-state index contributed by atoms with van der Waals surface area (Å²) in [6.07, 6.45) is 1.34. The van der Waals surface area contributed by atoms with E-state index in [1.165, 1.54) is 0 Å². The van der Waals surface area contributed by atoms with Gasteiger partial charge in [-0.15, -0.1) is 0 Å². The number of amides is 3. The first kappa shape index (κ1) is 17.9. The van der Waals surface area contributed by atoms with Crippen molar-refractivity contribution < 1.29 is 14.4 Å². The van der Waals surface area contributed by atoms with Crippen molar-refractivity contribution in [3.8, 4) is 0 Å². The number of carbonyl (C=O) groups is 3. The number of hydrogen-bond acceptors (Lipinski definition) is 3. The van der Waals surface area contributed by atoms with E-state index < -0.39 is 0 Å². The minimum absolute atomic E-state index is 0.0484. The monoisotopic (exact) mass is 371 g/mol. The summed E-state index contributed by atoms with van der Waals surface area (Å²) in [5, 5.41) is 5.63. The minimum Gasteiger partial charge on any atom is -0.343 e. The van der Waals surface area contributed by atoms with Crippen LogP contribution in [0.15, 0.2) is 48.5 Å². The molecular formula is C19H18ClN3O3. The minimum atomic E-state index is -0.365. The average molecular weight is 372 g/mol. The summed E-state index contributed by atoms with van der Waals surface area (Å²) < 4.78 is 0. The number of halogens is 1. The maximum absolute atomic E-state index is 12.0. The number of nitrogens with one attached hydrogen (secondary N) is 2. The van der Waals surface area contributed by atoms with Crippen molar-refractivity contribution in [3.63, 3.8) is 0 Å². The molecule has 3 rings (SSSR count). The standard InChI is InChI=1S/C19H18ClN3O3/c20-15-11-14(8-9-16(15)23-10-4-7-18(23)25)22-17(24)12-21-19(26)13-5-2-1-3-6-13/h1-3,5-6,8-9,11H,4,7,10,12H2,(H,21,26)(H,22,24). The van der Waals surface area contributed by atoms with Gasteiger partial charge in [0.05, 0.1) is 17.3 Å². The molecule has 6 nitrogen and oxygen atoms in total. The molecule has 134 valence electrons. The van der Waals surface area contributed by atoms with Crippen LogP contribution >= 0.6 is 11.6 Å². The predicted molar refractivity (Wildman–Crippen MR) is 100 cm³/mol. The van der Waals surface area contributed by atoms with Crippen LogP contribution in [0.25, 0.3) is 0 Å². The molecule has 0 saturated carbocycles. The second kappa shape index (κ2) is 8.01. The lowest BCUT2D eigenvalue weighted by molar-refractivity contribution is -0.117. The zero-order valence-corrected chi connectivity index (χ0v) is 14.8. The first-order chi connectivity index (χ1) is 12.5. The van der Waals surface area contributed by atoms with Crippen LogP contribution in [-0.2, 0) is 9.59 Å². The third-order valence-electron chi connectivity index (χ3n) is 4.04. The molecule has 0 radical (unpaired) electrons. The molecule has 26 heavy (non-hydrogen) atoms. The van der Waals surface area contributed by atoms with Gasteiger partial charge in [0.25, 0.3) is 5.91 Å². The smallest absolute Gasteiger partial charge is 0.251 e. The van der Waals surface area contributed by atoms with Gasteiger partial charge in [0.2, 0.25) is 11.8 Å². The molecule has 0 atom stereocenters. The third kappa shape index (κ3) is 4.21. The highest BCUT2D eigenvalue weighted by Gasteiger charge is 2.23. The second-order valence-corrected chi connectivity index (χ2v) is 6.32. The third-order valence-corrected chi connectivity index (χ3v) is 4.34. The molecule has 1 aliphatic heterocycles. The lowest BCUT2D eigenvalue weighted by atomic mass is 10.2. The molecule has 3 amide bonds. The molecule has 0 spiro atoms. The Hall–Kier alpha value is -2.86. The van der Waals surface area contributed by atoms with E-state index in [-0.39, 0.29) is 24.3 Å². The van der Waals surface area contributed by atoms with E-state index in [1.807, 2.05) is 6.07 Å². The fraction of sp³-hybridized carbons (Fsp3) is 0.211. The number of benzene rings is 2. The molecule has 0 bridgehead atoms. The van der Waals surface area contributed by atoms with Gasteiger partial charge in [-0.05, 0) is 36.8 Å². The van der Waals surface area contributed by atoms with Crippen molar-refractivity contribution in [1.29, 1.82) is 0 Å². The zero-order valence-electron chi connectivity index (χ0n) is 14.0. The summed E-state index contributed by atoms with van der Waals surface area (Å²) in [5.74, 6) is -0.635. The molecule has 2 aromatic rings. The quantitative estimate of drug-likeness (QED) is 0.848. The normalized spacial score (nSPS) is 13.6. The van der Waals surface area contributed by atoms with E-state index in [9.17, 15) is 14.4 Å². The molecular weight excluding hydrogens is 354 g/mol. The summed E-state index contributed by atoms with van der Waals surface area (Å²) >= 11 is 6.25. The van der Waals surface area contributed by atoms with Crippen LogP contribution in [0.5, 0.6) is 0 Å². The molecule has 0 aliphatic carbocycles. The van der Waals surface area contributed by atoms with Gasteiger partial charge in [-0.3, -0.25) is 14.4 Å². The lowest BCUT2D eigenvalue weighted by Crippen LogP contribution is -2.32. The van der Waals surface area contributed by atoms with Gasteiger partial charge in [0.1, 0.15) is 0 Å². The number of hydrogen-bond donors (Lipinski definition) is 2. The van der Waals surface area contributed by atoms with Crippen molar-refractivity contribution in [2.75, 3.05) is 23.3 Å². The van der Waals surface area contributed by atoms with Gasteiger partial charge >= 0.3 is 0 Å². The molecule has 1 saturated heterocycles. The van der Waals surface area contributed by atoms with E-state index in [2.05, 4.69) is 10.6 Å². The summed E-state index contributed by atoms with van der Waals surface area (Å²) in [6, 6.07) is 13.7. The van der Waals surface area contributed by atoms with Gasteiger partial charge < -0.3 is 15.5 Å². The molecule has 0 unspecified atom stereocenters. The largest absolute Gasteiger partial charge is 0.343 e. The van der Waals surface area contributed by atoms with Crippen molar-refractivity contribution >= 4 is 40.7 Å². The SMILES string of the molecule is O=C(CNC(=O)c1ccccc1)Nc1ccc(N2CCCC2=O)c(Cl)c1. The van der Waals surface area contributed by atoms with Crippen molar-refractivity contribution in [1.82, 2.24) is 5.32 Å². The Kier molecular flexibility index (Phi) is 5.53. The highest BCUT2D eigenvalue weighted by atomic mass is 35.5.